The van der Waals surface area contributed by atoms with Gasteiger partial charge in [-0.3, -0.25) is 0 Å². The molecular formula is C8H12BrN3. The lowest BCUT2D eigenvalue weighted by Gasteiger charge is -2.23. The Labute approximate surface area is 80.3 Å². The number of aromatic nitrogens is 3. The summed E-state index contributed by atoms with van der Waals surface area (Å²) in [5.74, 6) is 2.86. The van der Waals surface area contributed by atoms with E-state index in [4.69, 9.17) is 0 Å². The number of hydrogen-bond acceptors (Lipinski definition) is 2. The second-order valence-electron chi connectivity index (χ2n) is 3.29. The minimum absolute atomic E-state index is 0.676. The molecule has 2 rings (SSSR count). The molecule has 1 fully saturated rings. The summed E-state index contributed by atoms with van der Waals surface area (Å²) in [7, 11) is 2.05. The summed E-state index contributed by atoms with van der Waals surface area (Å²) in [6.45, 7) is 0. The van der Waals surface area contributed by atoms with Gasteiger partial charge in [0.05, 0.1) is 5.33 Å². The largest absolute Gasteiger partial charge is 0.317 e. The van der Waals surface area contributed by atoms with Gasteiger partial charge in [0.1, 0.15) is 11.6 Å². The second kappa shape index (κ2) is 3.17. The van der Waals surface area contributed by atoms with Gasteiger partial charge in [-0.1, -0.05) is 22.4 Å². The predicted octanol–water partition coefficient (Wildman–Crippen LogP) is 1.98. The lowest BCUT2D eigenvalue weighted by molar-refractivity contribution is 0.391. The smallest absolute Gasteiger partial charge is 0.143 e. The highest BCUT2D eigenvalue weighted by Gasteiger charge is 2.24. The molecule has 0 saturated heterocycles. The van der Waals surface area contributed by atoms with Gasteiger partial charge in [-0.05, 0) is 12.8 Å². The average Bonchev–Trinajstić information content (AvgIpc) is 2.30. The molecule has 12 heavy (non-hydrogen) atoms. The Morgan fingerprint density at radius 1 is 1.50 bits per heavy atom. The van der Waals surface area contributed by atoms with Crippen LogP contribution in [0.15, 0.2) is 0 Å². The molecule has 0 N–H and O–H groups in total. The van der Waals surface area contributed by atoms with Crippen LogP contribution in [-0.2, 0) is 12.4 Å². The van der Waals surface area contributed by atoms with E-state index in [-0.39, 0.29) is 0 Å². The molecule has 0 atom stereocenters. The van der Waals surface area contributed by atoms with Gasteiger partial charge in [-0.15, -0.1) is 10.2 Å². The van der Waals surface area contributed by atoms with Gasteiger partial charge >= 0.3 is 0 Å². The van der Waals surface area contributed by atoms with E-state index in [0.717, 1.165) is 17.0 Å². The highest BCUT2D eigenvalue weighted by molar-refractivity contribution is 9.08. The zero-order valence-corrected chi connectivity index (χ0v) is 8.71. The van der Waals surface area contributed by atoms with E-state index in [2.05, 4.69) is 30.7 Å². The lowest BCUT2D eigenvalue weighted by Crippen LogP contribution is -2.14. The van der Waals surface area contributed by atoms with Crippen LogP contribution < -0.4 is 0 Å². The quantitative estimate of drug-likeness (QED) is 0.727. The first-order valence-corrected chi connectivity index (χ1v) is 5.39. The molecule has 0 bridgehead atoms. The van der Waals surface area contributed by atoms with E-state index in [9.17, 15) is 0 Å². The van der Waals surface area contributed by atoms with Crippen LogP contribution in [0.2, 0.25) is 0 Å². The van der Waals surface area contributed by atoms with E-state index < -0.39 is 0 Å². The van der Waals surface area contributed by atoms with Crippen molar-refractivity contribution in [2.24, 2.45) is 7.05 Å². The Bertz CT molecular complexity index is 278. The summed E-state index contributed by atoms with van der Waals surface area (Å²) in [6, 6.07) is 0. The molecule has 1 saturated carbocycles. The van der Waals surface area contributed by atoms with Gasteiger partial charge in [0.2, 0.25) is 0 Å². The lowest BCUT2D eigenvalue weighted by atomic mass is 9.85. The molecule has 0 aromatic carbocycles. The van der Waals surface area contributed by atoms with Gasteiger partial charge in [-0.25, -0.2) is 0 Å². The van der Waals surface area contributed by atoms with Gasteiger partial charge in [-0.2, -0.15) is 0 Å². The molecule has 0 unspecified atom stereocenters. The van der Waals surface area contributed by atoms with E-state index in [1.54, 1.807) is 0 Å². The highest BCUT2D eigenvalue weighted by Crippen LogP contribution is 2.35. The van der Waals surface area contributed by atoms with Crippen molar-refractivity contribution in [1.82, 2.24) is 14.8 Å². The molecule has 1 aliphatic rings. The zero-order chi connectivity index (χ0) is 8.55. The SMILES string of the molecule is Cn1c(CBr)nnc1C1CCC1. The van der Waals surface area contributed by atoms with Crippen LogP contribution in [0.5, 0.6) is 0 Å². The van der Waals surface area contributed by atoms with E-state index >= 15 is 0 Å². The Morgan fingerprint density at radius 2 is 2.25 bits per heavy atom. The Kier molecular flexibility index (Phi) is 2.17. The third-order valence-corrected chi connectivity index (χ3v) is 3.09. The summed E-state index contributed by atoms with van der Waals surface area (Å²) < 4.78 is 2.11. The summed E-state index contributed by atoms with van der Waals surface area (Å²) in [4.78, 5) is 0. The molecule has 4 heteroatoms. The second-order valence-corrected chi connectivity index (χ2v) is 3.86. The Morgan fingerprint density at radius 3 is 2.67 bits per heavy atom. The van der Waals surface area contributed by atoms with Crippen molar-refractivity contribution in [2.45, 2.75) is 30.5 Å². The first-order valence-electron chi connectivity index (χ1n) is 4.27. The molecule has 1 aromatic rings. The number of rotatable bonds is 2. The van der Waals surface area contributed by atoms with Crippen molar-refractivity contribution in [3.05, 3.63) is 11.6 Å². The molecule has 1 aliphatic carbocycles. The maximum Gasteiger partial charge on any atom is 0.143 e. The molecule has 3 nitrogen and oxygen atoms in total. The Hall–Kier alpha value is -0.380. The molecule has 0 aliphatic heterocycles. The predicted molar refractivity (Wildman–Crippen MR) is 50.2 cm³/mol. The van der Waals surface area contributed by atoms with E-state index in [1.165, 1.54) is 19.3 Å². The third-order valence-electron chi connectivity index (χ3n) is 2.59. The molecular weight excluding hydrogens is 218 g/mol. The van der Waals surface area contributed by atoms with Crippen LogP contribution in [0, 0.1) is 0 Å². The summed E-state index contributed by atoms with van der Waals surface area (Å²) in [5, 5.41) is 9.09. The molecule has 1 aromatic heterocycles. The standard InChI is InChI=1S/C8H12BrN3/c1-12-7(5-9)10-11-8(12)6-3-2-4-6/h6H,2-5H2,1H3. The van der Waals surface area contributed by atoms with E-state index in [0.29, 0.717) is 5.92 Å². The zero-order valence-electron chi connectivity index (χ0n) is 7.13. The van der Waals surface area contributed by atoms with Crippen LogP contribution in [0.3, 0.4) is 0 Å². The molecule has 1 heterocycles. The molecule has 0 radical (unpaired) electrons. The summed E-state index contributed by atoms with van der Waals surface area (Å²) in [5.41, 5.74) is 0. The minimum Gasteiger partial charge on any atom is -0.317 e. The topological polar surface area (TPSA) is 30.7 Å². The fraction of sp³-hybridized carbons (Fsp3) is 0.750. The van der Waals surface area contributed by atoms with Crippen LogP contribution in [0.4, 0.5) is 0 Å². The number of hydrogen-bond donors (Lipinski definition) is 0. The first kappa shape index (κ1) is 8.23. The average molecular weight is 230 g/mol. The number of nitrogens with zero attached hydrogens (tertiary/aromatic N) is 3. The Balaban J connectivity index is 2.25. The normalized spacial score (nSPS) is 17.8. The van der Waals surface area contributed by atoms with Crippen molar-refractivity contribution in [3.63, 3.8) is 0 Å². The molecule has 66 valence electrons. The minimum atomic E-state index is 0.676. The van der Waals surface area contributed by atoms with Gasteiger partial charge < -0.3 is 4.57 Å². The monoisotopic (exact) mass is 229 g/mol. The van der Waals surface area contributed by atoms with Crippen LogP contribution in [0.1, 0.15) is 36.8 Å². The van der Waals surface area contributed by atoms with Crippen molar-refractivity contribution in [3.8, 4) is 0 Å². The molecule has 0 spiro atoms. The number of halogens is 1. The third kappa shape index (κ3) is 1.18. The van der Waals surface area contributed by atoms with E-state index in [1.807, 2.05) is 7.05 Å². The van der Waals surface area contributed by atoms with Gasteiger partial charge in [0.15, 0.2) is 0 Å². The fourth-order valence-corrected chi connectivity index (χ4v) is 2.00. The summed E-state index contributed by atoms with van der Waals surface area (Å²) >= 11 is 3.39. The van der Waals surface area contributed by atoms with Crippen LogP contribution in [0.25, 0.3) is 0 Å². The maximum atomic E-state index is 4.19. The van der Waals surface area contributed by atoms with Crippen LogP contribution in [-0.4, -0.2) is 14.8 Å². The van der Waals surface area contributed by atoms with Crippen molar-refractivity contribution in [1.29, 1.82) is 0 Å². The highest BCUT2D eigenvalue weighted by atomic mass is 79.9. The maximum absolute atomic E-state index is 4.19. The first-order chi connectivity index (χ1) is 5.83. The van der Waals surface area contributed by atoms with Gasteiger partial charge in [0, 0.05) is 13.0 Å². The number of alkyl halides is 1. The van der Waals surface area contributed by atoms with Crippen molar-refractivity contribution >= 4 is 15.9 Å². The van der Waals surface area contributed by atoms with Crippen molar-refractivity contribution in [2.75, 3.05) is 0 Å². The fourth-order valence-electron chi connectivity index (χ4n) is 1.51. The van der Waals surface area contributed by atoms with Gasteiger partial charge in [0.25, 0.3) is 0 Å². The van der Waals surface area contributed by atoms with Crippen molar-refractivity contribution < 1.29 is 0 Å². The van der Waals surface area contributed by atoms with Crippen LogP contribution >= 0.6 is 15.9 Å². The summed E-state index contributed by atoms with van der Waals surface area (Å²) in [6.07, 6.45) is 3.92. The molecule has 0 amide bonds.